The summed E-state index contributed by atoms with van der Waals surface area (Å²) in [6.07, 6.45) is 0.0496. The summed E-state index contributed by atoms with van der Waals surface area (Å²) < 4.78 is 5.12. The molecule has 0 aliphatic heterocycles. The van der Waals surface area contributed by atoms with E-state index in [2.05, 4.69) is 30.9 Å². The van der Waals surface area contributed by atoms with Crippen LogP contribution in [0.4, 0.5) is 5.13 Å². The predicted molar refractivity (Wildman–Crippen MR) is 80.6 cm³/mol. The van der Waals surface area contributed by atoms with E-state index in [1.807, 2.05) is 29.6 Å². The minimum absolute atomic E-state index is 0.0496. The van der Waals surface area contributed by atoms with Gasteiger partial charge in [-0.2, -0.15) is 5.21 Å². The van der Waals surface area contributed by atoms with Gasteiger partial charge in [0, 0.05) is 10.9 Å². The summed E-state index contributed by atoms with van der Waals surface area (Å²) in [7, 11) is 1.62. The second-order valence-electron chi connectivity index (χ2n) is 4.32. The number of hydrogen-bond donors (Lipinski definition) is 2. The van der Waals surface area contributed by atoms with Crippen LogP contribution in [-0.2, 0) is 11.2 Å². The molecule has 0 bridgehead atoms. The number of nitrogens with one attached hydrogen (secondary N) is 2. The van der Waals surface area contributed by atoms with Gasteiger partial charge in [-0.25, -0.2) is 4.98 Å². The molecular formula is C13H12N6O2S. The number of ether oxygens (including phenoxy) is 1. The summed E-state index contributed by atoms with van der Waals surface area (Å²) in [6.45, 7) is 0. The number of H-pyrrole nitrogens is 1. The lowest BCUT2D eigenvalue weighted by Gasteiger charge is -2.01. The Morgan fingerprint density at radius 1 is 1.36 bits per heavy atom. The molecule has 3 aromatic rings. The van der Waals surface area contributed by atoms with Gasteiger partial charge in [-0.05, 0) is 24.3 Å². The van der Waals surface area contributed by atoms with Gasteiger partial charge in [0.2, 0.25) is 5.91 Å². The molecule has 0 saturated heterocycles. The van der Waals surface area contributed by atoms with E-state index in [-0.39, 0.29) is 12.3 Å². The van der Waals surface area contributed by atoms with Crippen molar-refractivity contribution in [1.82, 2.24) is 25.6 Å². The number of amides is 1. The lowest BCUT2D eigenvalue weighted by molar-refractivity contribution is -0.115. The molecule has 22 heavy (non-hydrogen) atoms. The molecule has 1 amide bonds. The highest BCUT2D eigenvalue weighted by Crippen LogP contribution is 2.26. The molecule has 0 spiro atoms. The molecular weight excluding hydrogens is 304 g/mol. The Kier molecular flexibility index (Phi) is 4.05. The van der Waals surface area contributed by atoms with Gasteiger partial charge in [0.05, 0.1) is 19.2 Å². The molecule has 0 aliphatic carbocycles. The standard InChI is InChI=1S/C13H12N6O2S/c1-21-9-4-2-8(3-5-9)10-7-22-13(14-10)15-12(20)6-11-16-18-19-17-11/h2-5,7H,6H2,1H3,(H,14,15,20)(H,16,17,18,19). The fourth-order valence-corrected chi connectivity index (χ4v) is 2.53. The monoisotopic (exact) mass is 316 g/mol. The molecule has 0 aliphatic rings. The number of aromatic nitrogens is 5. The zero-order chi connectivity index (χ0) is 15.4. The van der Waals surface area contributed by atoms with E-state index in [1.165, 1.54) is 11.3 Å². The summed E-state index contributed by atoms with van der Waals surface area (Å²) in [5.41, 5.74) is 1.75. The van der Waals surface area contributed by atoms with Crippen LogP contribution >= 0.6 is 11.3 Å². The third kappa shape index (κ3) is 3.26. The fourth-order valence-electron chi connectivity index (χ4n) is 1.79. The maximum absolute atomic E-state index is 11.8. The Hall–Kier alpha value is -2.81. The molecule has 0 saturated carbocycles. The van der Waals surface area contributed by atoms with Crippen LogP contribution in [0.2, 0.25) is 0 Å². The van der Waals surface area contributed by atoms with Crippen LogP contribution in [0.25, 0.3) is 11.3 Å². The first-order valence-electron chi connectivity index (χ1n) is 6.37. The fraction of sp³-hybridized carbons (Fsp3) is 0.154. The van der Waals surface area contributed by atoms with Gasteiger partial charge in [-0.15, -0.1) is 21.5 Å². The Morgan fingerprint density at radius 3 is 2.86 bits per heavy atom. The van der Waals surface area contributed by atoms with Gasteiger partial charge in [0.25, 0.3) is 0 Å². The Labute approximate surface area is 129 Å². The number of nitrogens with zero attached hydrogens (tertiary/aromatic N) is 4. The van der Waals surface area contributed by atoms with Crippen molar-refractivity contribution in [3.8, 4) is 17.0 Å². The van der Waals surface area contributed by atoms with E-state index in [0.717, 1.165) is 17.0 Å². The zero-order valence-electron chi connectivity index (χ0n) is 11.6. The third-order valence-electron chi connectivity index (χ3n) is 2.84. The molecule has 8 nitrogen and oxygen atoms in total. The Bertz CT molecular complexity index is 753. The SMILES string of the molecule is COc1ccc(-c2csc(NC(=O)Cc3nn[nH]n3)n2)cc1. The molecule has 2 heterocycles. The number of thiazole rings is 1. The Morgan fingerprint density at radius 2 is 2.18 bits per heavy atom. The number of anilines is 1. The van der Waals surface area contributed by atoms with Crippen molar-refractivity contribution in [3.63, 3.8) is 0 Å². The van der Waals surface area contributed by atoms with Crippen molar-refractivity contribution in [2.45, 2.75) is 6.42 Å². The van der Waals surface area contributed by atoms with E-state index < -0.39 is 0 Å². The second-order valence-corrected chi connectivity index (χ2v) is 5.18. The highest BCUT2D eigenvalue weighted by atomic mass is 32.1. The van der Waals surface area contributed by atoms with Crippen LogP contribution in [0.1, 0.15) is 5.82 Å². The van der Waals surface area contributed by atoms with Crippen molar-refractivity contribution in [2.24, 2.45) is 0 Å². The summed E-state index contributed by atoms with van der Waals surface area (Å²) in [5.74, 6) is 0.883. The zero-order valence-corrected chi connectivity index (χ0v) is 12.4. The van der Waals surface area contributed by atoms with E-state index in [4.69, 9.17) is 4.74 Å². The number of methoxy groups -OCH3 is 1. The highest BCUT2D eigenvalue weighted by molar-refractivity contribution is 7.14. The van der Waals surface area contributed by atoms with Crippen LogP contribution in [0.5, 0.6) is 5.75 Å². The molecule has 0 radical (unpaired) electrons. The third-order valence-corrected chi connectivity index (χ3v) is 3.60. The number of carbonyl (C=O) groups is 1. The summed E-state index contributed by atoms with van der Waals surface area (Å²) in [5, 5.41) is 18.3. The van der Waals surface area contributed by atoms with Crippen molar-refractivity contribution in [3.05, 3.63) is 35.5 Å². The molecule has 0 atom stereocenters. The van der Waals surface area contributed by atoms with Crippen LogP contribution in [-0.4, -0.2) is 38.6 Å². The van der Waals surface area contributed by atoms with Crippen LogP contribution in [0, 0.1) is 0 Å². The van der Waals surface area contributed by atoms with E-state index in [0.29, 0.717) is 11.0 Å². The van der Waals surface area contributed by atoms with E-state index >= 15 is 0 Å². The Balaban J connectivity index is 1.66. The molecule has 2 N–H and O–H groups in total. The average molecular weight is 316 g/mol. The van der Waals surface area contributed by atoms with Gasteiger partial charge in [-0.3, -0.25) is 4.79 Å². The molecule has 2 aromatic heterocycles. The molecule has 1 aromatic carbocycles. The average Bonchev–Trinajstić information content (AvgIpc) is 3.19. The highest BCUT2D eigenvalue weighted by Gasteiger charge is 2.11. The number of hydrogen-bond acceptors (Lipinski definition) is 7. The van der Waals surface area contributed by atoms with Crippen LogP contribution in [0.3, 0.4) is 0 Å². The maximum Gasteiger partial charge on any atom is 0.233 e. The minimum atomic E-state index is -0.239. The summed E-state index contributed by atoms with van der Waals surface area (Å²) >= 11 is 1.36. The summed E-state index contributed by atoms with van der Waals surface area (Å²) in [4.78, 5) is 16.2. The quantitative estimate of drug-likeness (QED) is 0.739. The van der Waals surface area contributed by atoms with E-state index in [1.54, 1.807) is 7.11 Å². The molecule has 112 valence electrons. The van der Waals surface area contributed by atoms with Gasteiger partial charge < -0.3 is 10.1 Å². The molecule has 9 heteroatoms. The smallest absolute Gasteiger partial charge is 0.233 e. The first kappa shape index (κ1) is 14.1. The lowest BCUT2D eigenvalue weighted by atomic mass is 10.2. The number of carbonyl (C=O) groups excluding carboxylic acids is 1. The van der Waals surface area contributed by atoms with Crippen molar-refractivity contribution in [2.75, 3.05) is 12.4 Å². The molecule has 0 unspecified atom stereocenters. The van der Waals surface area contributed by atoms with Gasteiger partial charge >= 0.3 is 0 Å². The second kappa shape index (κ2) is 6.31. The summed E-state index contributed by atoms with van der Waals surface area (Å²) in [6, 6.07) is 7.56. The van der Waals surface area contributed by atoms with Gasteiger partial charge in [-0.1, -0.05) is 5.21 Å². The van der Waals surface area contributed by atoms with Gasteiger partial charge in [0.15, 0.2) is 11.0 Å². The first-order valence-corrected chi connectivity index (χ1v) is 7.24. The number of benzene rings is 1. The number of rotatable bonds is 5. The predicted octanol–water partition coefficient (Wildman–Crippen LogP) is 1.51. The molecule has 3 rings (SSSR count). The largest absolute Gasteiger partial charge is 0.497 e. The number of aromatic amines is 1. The van der Waals surface area contributed by atoms with Gasteiger partial charge in [0.1, 0.15) is 5.75 Å². The van der Waals surface area contributed by atoms with E-state index in [9.17, 15) is 4.79 Å². The van der Waals surface area contributed by atoms with Crippen LogP contribution in [0.15, 0.2) is 29.6 Å². The van der Waals surface area contributed by atoms with Crippen LogP contribution < -0.4 is 10.1 Å². The van der Waals surface area contributed by atoms with Crippen molar-refractivity contribution in [1.29, 1.82) is 0 Å². The minimum Gasteiger partial charge on any atom is -0.497 e. The number of tetrazole rings is 1. The van der Waals surface area contributed by atoms with Crippen molar-refractivity contribution < 1.29 is 9.53 Å². The lowest BCUT2D eigenvalue weighted by Crippen LogP contribution is -2.15. The topological polar surface area (TPSA) is 106 Å². The molecule has 0 fully saturated rings. The van der Waals surface area contributed by atoms with Crippen molar-refractivity contribution >= 4 is 22.4 Å². The normalized spacial score (nSPS) is 10.4. The first-order chi connectivity index (χ1) is 10.7. The maximum atomic E-state index is 11.8.